The molecule has 1 N–H and O–H groups in total. The third-order valence-electron chi connectivity index (χ3n) is 4.30. The number of aliphatic hydroxyl groups excluding tert-OH is 1. The Balaban J connectivity index is 1.74. The first kappa shape index (κ1) is 15.1. The van der Waals surface area contributed by atoms with Crippen LogP contribution in [0.1, 0.15) is 17.2 Å². The van der Waals surface area contributed by atoms with Gasteiger partial charge in [-0.25, -0.2) is 8.78 Å². The van der Waals surface area contributed by atoms with Crippen LogP contribution >= 0.6 is 0 Å². The second-order valence-corrected chi connectivity index (χ2v) is 5.74. The average Bonchev–Trinajstić information content (AvgIpc) is 2.93. The zero-order valence-electron chi connectivity index (χ0n) is 12.1. The van der Waals surface area contributed by atoms with Crippen molar-refractivity contribution >= 4 is 0 Å². The van der Waals surface area contributed by atoms with Crippen molar-refractivity contribution in [2.45, 2.75) is 12.5 Å². The Morgan fingerprint density at radius 3 is 2.14 bits per heavy atom. The van der Waals surface area contributed by atoms with E-state index in [0.717, 1.165) is 17.5 Å². The molecule has 1 saturated heterocycles. The minimum atomic E-state index is -0.287. The van der Waals surface area contributed by atoms with Crippen molar-refractivity contribution in [1.82, 2.24) is 0 Å². The van der Waals surface area contributed by atoms with Crippen LogP contribution in [0.3, 0.4) is 0 Å². The first-order valence-corrected chi connectivity index (χ1v) is 7.39. The monoisotopic (exact) mass is 304 g/mol. The van der Waals surface area contributed by atoms with Crippen LogP contribution in [0.2, 0.25) is 0 Å². The summed E-state index contributed by atoms with van der Waals surface area (Å²) in [5, 5.41) is 9.73. The fourth-order valence-electron chi connectivity index (χ4n) is 3.10. The Hall–Kier alpha value is -1.78. The maximum atomic E-state index is 13.0. The van der Waals surface area contributed by atoms with E-state index >= 15 is 0 Å². The molecule has 1 fully saturated rings. The Morgan fingerprint density at radius 1 is 0.955 bits per heavy atom. The summed E-state index contributed by atoms with van der Waals surface area (Å²) in [5.41, 5.74) is 1.90. The summed E-state index contributed by atoms with van der Waals surface area (Å²) in [6, 6.07) is 12.6. The number of rotatable bonds is 4. The van der Waals surface area contributed by atoms with Crippen LogP contribution in [-0.4, -0.2) is 18.3 Å². The van der Waals surface area contributed by atoms with E-state index in [0.29, 0.717) is 6.61 Å². The lowest BCUT2D eigenvalue weighted by Gasteiger charge is -2.21. The van der Waals surface area contributed by atoms with E-state index in [4.69, 9.17) is 4.74 Å². The van der Waals surface area contributed by atoms with E-state index in [1.165, 1.54) is 24.3 Å². The Labute approximate surface area is 128 Å². The number of hydrogen-bond acceptors (Lipinski definition) is 2. The molecule has 0 bridgehead atoms. The molecule has 0 spiro atoms. The Morgan fingerprint density at radius 2 is 1.55 bits per heavy atom. The van der Waals surface area contributed by atoms with Crippen LogP contribution in [0.15, 0.2) is 48.5 Å². The van der Waals surface area contributed by atoms with E-state index < -0.39 is 0 Å². The smallest absolute Gasteiger partial charge is 0.123 e. The number of halogens is 2. The van der Waals surface area contributed by atoms with Gasteiger partial charge < -0.3 is 9.84 Å². The summed E-state index contributed by atoms with van der Waals surface area (Å²) < 4.78 is 31.8. The molecule has 2 aromatic carbocycles. The standard InChI is InChI=1S/C18H18F2O2/c19-15-5-1-12(2-6-15)9-14-11-22-18(17(14)10-21)13-3-7-16(20)8-4-13/h1-8,14,17-18,21H,9-11H2/t14-,17-,18?/m0/s1. The van der Waals surface area contributed by atoms with Gasteiger partial charge in [-0.3, -0.25) is 0 Å². The maximum absolute atomic E-state index is 13.0. The third kappa shape index (κ3) is 3.18. The lowest BCUT2D eigenvalue weighted by atomic mass is 9.84. The molecule has 22 heavy (non-hydrogen) atoms. The zero-order valence-corrected chi connectivity index (χ0v) is 12.1. The first-order valence-electron chi connectivity index (χ1n) is 7.39. The minimum Gasteiger partial charge on any atom is -0.396 e. The largest absolute Gasteiger partial charge is 0.396 e. The van der Waals surface area contributed by atoms with Crippen molar-refractivity contribution in [3.05, 3.63) is 71.3 Å². The summed E-state index contributed by atoms with van der Waals surface area (Å²) >= 11 is 0. The molecule has 2 aromatic rings. The molecular formula is C18H18F2O2. The van der Waals surface area contributed by atoms with Gasteiger partial charge >= 0.3 is 0 Å². The lowest BCUT2D eigenvalue weighted by Crippen LogP contribution is -2.21. The molecular weight excluding hydrogens is 286 g/mol. The number of aliphatic hydroxyl groups is 1. The van der Waals surface area contributed by atoms with E-state index in [9.17, 15) is 13.9 Å². The maximum Gasteiger partial charge on any atom is 0.123 e. The minimum absolute atomic E-state index is 0.00784. The van der Waals surface area contributed by atoms with E-state index in [1.54, 1.807) is 24.3 Å². The molecule has 1 aliphatic heterocycles. The highest BCUT2D eigenvalue weighted by Crippen LogP contribution is 2.39. The molecule has 1 unspecified atom stereocenters. The summed E-state index contributed by atoms with van der Waals surface area (Å²) in [4.78, 5) is 0. The highest BCUT2D eigenvalue weighted by molar-refractivity contribution is 5.22. The molecule has 0 amide bonds. The quantitative estimate of drug-likeness (QED) is 0.937. The van der Waals surface area contributed by atoms with Gasteiger partial charge in [0.1, 0.15) is 11.6 Å². The van der Waals surface area contributed by atoms with Crippen molar-refractivity contribution in [3.8, 4) is 0 Å². The predicted molar refractivity (Wildman–Crippen MR) is 79.3 cm³/mol. The number of ether oxygens (including phenoxy) is 1. The highest BCUT2D eigenvalue weighted by Gasteiger charge is 2.37. The second kappa shape index (κ2) is 6.55. The second-order valence-electron chi connectivity index (χ2n) is 5.74. The highest BCUT2D eigenvalue weighted by atomic mass is 19.1. The molecule has 1 heterocycles. The van der Waals surface area contributed by atoms with Crippen molar-refractivity contribution in [3.63, 3.8) is 0 Å². The molecule has 0 aliphatic carbocycles. The van der Waals surface area contributed by atoms with Gasteiger partial charge in [0.15, 0.2) is 0 Å². The fourth-order valence-corrected chi connectivity index (χ4v) is 3.10. The van der Waals surface area contributed by atoms with Crippen molar-refractivity contribution in [2.75, 3.05) is 13.2 Å². The van der Waals surface area contributed by atoms with Crippen LogP contribution in [0.4, 0.5) is 8.78 Å². The fraction of sp³-hybridized carbons (Fsp3) is 0.333. The van der Waals surface area contributed by atoms with Crippen molar-refractivity contribution in [1.29, 1.82) is 0 Å². The lowest BCUT2D eigenvalue weighted by molar-refractivity contribution is 0.0718. The Bertz CT molecular complexity index is 610. The molecule has 2 nitrogen and oxygen atoms in total. The van der Waals surface area contributed by atoms with Gasteiger partial charge in [0, 0.05) is 12.5 Å². The van der Waals surface area contributed by atoms with E-state index in [-0.39, 0.29) is 36.2 Å². The van der Waals surface area contributed by atoms with Crippen molar-refractivity contribution < 1.29 is 18.6 Å². The van der Waals surface area contributed by atoms with Gasteiger partial charge in [-0.15, -0.1) is 0 Å². The number of hydrogen-bond donors (Lipinski definition) is 1. The van der Waals surface area contributed by atoms with Gasteiger partial charge in [0.2, 0.25) is 0 Å². The topological polar surface area (TPSA) is 29.5 Å². The van der Waals surface area contributed by atoms with Crippen LogP contribution in [-0.2, 0) is 11.2 Å². The number of benzene rings is 2. The van der Waals surface area contributed by atoms with Crippen molar-refractivity contribution in [2.24, 2.45) is 11.8 Å². The van der Waals surface area contributed by atoms with Gasteiger partial charge in [0.05, 0.1) is 12.7 Å². The molecule has 3 atom stereocenters. The summed E-state index contributed by atoms with van der Waals surface area (Å²) in [7, 11) is 0. The molecule has 0 aromatic heterocycles. The van der Waals surface area contributed by atoms with E-state index in [1.807, 2.05) is 0 Å². The summed E-state index contributed by atoms with van der Waals surface area (Å²) in [6.45, 7) is 0.540. The van der Waals surface area contributed by atoms with E-state index in [2.05, 4.69) is 0 Å². The zero-order chi connectivity index (χ0) is 15.5. The van der Waals surface area contributed by atoms with Crippen LogP contribution in [0.5, 0.6) is 0 Å². The van der Waals surface area contributed by atoms with Crippen LogP contribution in [0, 0.1) is 23.5 Å². The van der Waals surface area contributed by atoms with Crippen LogP contribution < -0.4 is 0 Å². The van der Waals surface area contributed by atoms with Gasteiger partial charge in [-0.05, 0) is 47.7 Å². The SMILES string of the molecule is OC[C@@H]1C(c2ccc(F)cc2)OC[C@@H]1Cc1ccc(F)cc1. The molecule has 4 heteroatoms. The Kier molecular flexibility index (Phi) is 4.50. The predicted octanol–water partition coefficient (Wildman–Crippen LogP) is 3.50. The molecule has 0 saturated carbocycles. The molecule has 3 rings (SSSR count). The molecule has 0 radical (unpaired) electrons. The van der Waals surface area contributed by atoms with Crippen LogP contribution in [0.25, 0.3) is 0 Å². The molecule has 116 valence electrons. The third-order valence-corrected chi connectivity index (χ3v) is 4.30. The first-order chi connectivity index (χ1) is 10.7. The van der Waals surface area contributed by atoms with Gasteiger partial charge in [-0.1, -0.05) is 24.3 Å². The molecule has 1 aliphatic rings. The average molecular weight is 304 g/mol. The normalized spacial score (nSPS) is 24.6. The van der Waals surface area contributed by atoms with Gasteiger partial charge in [-0.2, -0.15) is 0 Å². The van der Waals surface area contributed by atoms with Gasteiger partial charge in [0.25, 0.3) is 0 Å². The summed E-state index contributed by atoms with van der Waals surface area (Å²) in [5.74, 6) is -0.430. The summed E-state index contributed by atoms with van der Waals surface area (Å²) in [6.07, 6.45) is 0.500.